The van der Waals surface area contributed by atoms with Gasteiger partial charge in [-0.1, -0.05) is 30.0 Å². The summed E-state index contributed by atoms with van der Waals surface area (Å²) < 4.78 is 23.2. The van der Waals surface area contributed by atoms with E-state index in [0.717, 1.165) is 34.6 Å². The summed E-state index contributed by atoms with van der Waals surface area (Å²) in [6.45, 7) is 9.59. The number of nitrogens with one attached hydrogen (secondary N) is 1. The molecular weight excluding hydrogens is 526 g/mol. The second-order valence-electron chi connectivity index (χ2n) is 14.6. The predicted octanol–water partition coefficient (Wildman–Crippen LogP) is 7.23. The van der Waals surface area contributed by atoms with Crippen molar-refractivity contribution < 1.29 is 23.7 Å². The molecular formula is C36H45NO5. The van der Waals surface area contributed by atoms with Crippen molar-refractivity contribution >= 4 is 6.09 Å². The molecule has 4 bridgehead atoms. The van der Waals surface area contributed by atoms with E-state index in [9.17, 15) is 4.79 Å². The molecule has 4 saturated carbocycles. The first-order valence-electron chi connectivity index (χ1n) is 15.5. The first-order chi connectivity index (χ1) is 19.8. The third-order valence-electron chi connectivity index (χ3n) is 9.55. The van der Waals surface area contributed by atoms with Gasteiger partial charge < -0.3 is 24.3 Å². The van der Waals surface area contributed by atoms with Crippen molar-refractivity contribution in [3.8, 4) is 28.7 Å². The molecule has 6 heteroatoms. The van der Waals surface area contributed by atoms with Gasteiger partial charge in [0.25, 0.3) is 0 Å². The summed E-state index contributed by atoms with van der Waals surface area (Å²) in [5.41, 5.74) is 3.24. The van der Waals surface area contributed by atoms with Crippen LogP contribution in [0.5, 0.6) is 5.75 Å². The lowest BCUT2D eigenvalue weighted by Crippen LogP contribution is -2.60. The lowest BCUT2D eigenvalue weighted by molar-refractivity contribution is -0.262. The first-order valence-corrected chi connectivity index (χ1v) is 15.5. The zero-order chi connectivity index (χ0) is 29.8. The highest BCUT2D eigenvalue weighted by molar-refractivity contribution is 5.70. The van der Waals surface area contributed by atoms with Gasteiger partial charge >= 0.3 is 6.09 Å². The predicted molar refractivity (Wildman–Crippen MR) is 163 cm³/mol. The summed E-state index contributed by atoms with van der Waals surface area (Å²) in [6.07, 6.45) is 7.63. The highest BCUT2D eigenvalue weighted by Crippen LogP contribution is 2.62. The van der Waals surface area contributed by atoms with Crippen LogP contribution in [0.1, 0.15) is 84.3 Å². The molecule has 5 fully saturated rings. The lowest BCUT2D eigenvalue weighted by atomic mass is 9.48. The number of benzene rings is 2. The molecule has 1 aliphatic heterocycles. The highest BCUT2D eigenvalue weighted by atomic mass is 16.7. The minimum atomic E-state index is -1.01. The van der Waals surface area contributed by atoms with Crippen LogP contribution in [0.3, 0.4) is 0 Å². The Labute approximate surface area is 250 Å². The number of rotatable bonds is 4. The molecule has 0 aromatic heterocycles. The SMILES string of the molecule is COc1ccc(-c2ccc(C#CC3(NC(=O)OC(C)(C)C)COC(C)(C)OC3)cc2)cc1C12CC3CC(CC(C3)C1)C2. The van der Waals surface area contributed by atoms with E-state index in [1.165, 1.54) is 49.7 Å². The minimum Gasteiger partial charge on any atom is -0.496 e. The molecule has 1 N–H and O–H groups in total. The maximum atomic E-state index is 12.7. The third-order valence-corrected chi connectivity index (χ3v) is 9.55. The molecule has 1 heterocycles. The van der Waals surface area contributed by atoms with Crippen molar-refractivity contribution in [2.75, 3.05) is 20.3 Å². The molecule has 1 amide bonds. The second kappa shape index (κ2) is 10.6. The molecule has 7 rings (SSSR count). The molecule has 0 unspecified atom stereocenters. The smallest absolute Gasteiger partial charge is 0.409 e. The van der Waals surface area contributed by atoms with Crippen molar-refractivity contribution in [3.63, 3.8) is 0 Å². The van der Waals surface area contributed by atoms with Crippen LogP contribution >= 0.6 is 0 Å². The fourth-order valence-electron chi connectivity index (χ4n) is 8.03. The molecule has 42 heavy (non-hydrogen) atoms. The summed E-state index contributed by atoms with van der Waals surface area (Å²) >= 11 is 0. The summed E-state index contributed by atoms with van der Waals surface area (Å²) in [6, 6.07) is 15.0. The zero-order valence-corrected chi connectivity index (χ0v) is 26.0. The van der Waals surface area contributed by atoms with Crippen molar-refractivity contribution in [3.05, 3.63) is 53.6 Å². The van der Waals surface area contributed by atoms with Crippen LogP contribution in [-0.2, 0) is 19.6 Å². The number of alkyl carbamates (subject to hydrolysis) is 1. The average Bonchev–Trinajstić information content (AvgIpc) is 2.92. The van der Waals surface area contributed by atoms with E-state index < -0.39 is 23.0 Å². The number of hydrogen-bond acceptors (Lipinski definition) is 5. The molecule has 2 aromatic carbocycles. The Balaban J connectivity index is 1.24. The summed E-state index contributed by atoms with van der Waals surface area (Å²) in [7, 11) is 1.81. The van der Waals surface area contributed by atoms with E-state index in [2.05, 4.69) is 47.5 Å². The van der Waals surface area contributed by atoms with Crippen LogP contribution in [-0.4, -0.2) is 43.3 Å². The normalized spacial score (nSPS) is 28.9. The van der Waals surface area contributed by atoms with Crippen LogP contribution in [0.15, 0.2) is 42.5 Å². The van der Waals surface area contributed by atoms with Crippen molar-refractivity contribution in [1.82, 2.24) is 5.32 Å². The van der Waals surface area contributed by atoms with Crippen molar-refractivity contribution in [1.29, 1.82) is 0 Å². The van der Waals surface area contributed by atoms with Gasteiger partial charge in [-0.15, -0.1) is 0 Å². The van der Waals surface area contributed by atoms with Gasteiger partial charge in [0.15, 0.2) is 11.3 Å². The Morgan fingerprint density at radius 3 is 2.02 bits per heavy atom. The van der Waals surface area contributed by atoms with Gasteiger partial charge in [-0.2, -0.15) is 0 Å². The van der Waals surface area contributed by atoms with Gasteiger partial charge in [0.2, 0.25) is 0 Å². The molecule has 1 saturated heterocycles. The maximum Gasteiger partial charge on any atom is 0.409 e. The van der Waals surface area contributed by atoms with E-state index in [1.807, 2.05) is 46.8 Å². The molecule has 5 aliphatic rings. The number of amides is 1. The first kappa shape index (κ1) is 29.1. The largest absolute Gasteiger partial charge is 0.496 e. The summed E-state index contributed by atoms with van der Waals surface area (Å²) in [4.78, 5) is 12.7. The lowest BCUT2D eigenvalue weighted by Gasteiger charge is -2.57. The standard InChI is InChI=1S/C36H45NO5/c1-33(2,3)42-32(38)37-36(22-40-34(4,5)41-23-36)14-13-24-7-9-28(10-8-24)29-11-12-31(39-6)30(18-29)35-19-25-15-26(20-35)17-27(16-25)21-35/h7-12,18,25-27H,15-17,19-23H2,1-6H3,(H,37,38). The van der Waals surface area contributed by atoms with Crippen LogP contribution < -0.4 is 10.1 Å². The molecule has 0 atom stereocenters. The molecule has 4 aliphatic carbocycles. The van der Waals surface area contributed by atoms with Crippen LogP contribution in [0, 0.1) is 29.6 Å². The van der Waals surface area contributed by atoms with Crippen LogP contribution in [0.2, 0.25) is 0 Å². The summed E-state index contributed by atoms with van der Waals surface area (Å²) in [5, 5.41) is 2.91. The van der Waals surface area contributed by atoms with Gasteiger partial charge in [0.05, 0.1) is 20.3 Å². The fourth-order valence-corrected chi connectivity index (χ4v) is 8.03. The Kier molecular flexibility index (Phi) is 7.35. The van der Waals surface area contributed by atoms with E-state index in [4.69, 9.17) is 18.9 Å². The van der Waals surface area contributed by atoms with Gasteiger partial charge in [0.1, 0.15) is 11.4 Å². The molecule has 0 radical (unpaired) electrons. The van der Waals surface area contributed by atoms with E-state index in [-0.39, 0.29) is 18.6 Å². The van der Waals surface area contributed by atoms with Gasteiger partial charge in [0, 0.05) is 11.1 Å². The number of methoxy groups -OCH3 is 1. The second-order valence-corrected chi connectivity index (χ2v) is 14.6. The monoisotopic (exact) mass is 571 g/mol. The number of carbonyl (C=O) groups is 1. The van der Waals surface area contributed by atoms with E-state index in [0.29, 0.717) is 0 Å². The minimum absolute atomic E-state index is 0.198. The van der Waals surface area contributed by atoms with Gasteiger partial charge in [-0.05, 0) is 132 Å². The average molecular weight is 572 g/mol. The van der Waals surface area contributed by atoms with Crippen LogP contribution in [0.4, 0.5) is 4.79 Å². The van der Waals surface area contributed by atoms with E-state index >= 15 is 0 Å². The number of hydrogen-bond donors (Lipinski definition) is 1. The Morgan fingerprint density at radius 2 is 1.48 bits per heavy atom. The Hall–Kier alpha value is -3.01. The summed E-state index contributed by atoms with van der Waals surface area (Å²) in [5.74, 6) is 9.41. The fraction of sp³-hybridized carbons (Fsp3) is 0.583. The Morgan fingerprint density at radius 1 is 0.905 bits per heavy atom. The van der Waals surface area contributed by atoms with E-state index in [1.54, 1.807) is 7.11 Å². The zero-order valence-electron chi connectivity index (χ0n) is 26.0. The topological polar surface area (TPSA) is 66.0 Å². The Bertz CT molecular complexity index is 1350. The molecule has 6 nitrogen and oxygen atoms in total. The van der Waals surface area contributed by atoms with Gasteiger partial charge in [-0.3, -0.25) is 0 Å². The van der Waals surface area contributed by atoms with Crippen LogP contribution in [0.25, 0.3) is 11.1 Å². The highest BCUT2D eigenvalue weighted by Gasteiger charge is 2.52. The molecule has 0 spiro atoms. The third kappa shape index (κ3) is 6.05. The quantitative estimate of drug-likeness (QED) is 0.392. The van der Waals surface area contributed by atoms with Crippen molar-refractivity contribution in [2.45, 2.75) is 95.5 Å². The van der Waals surface area contributed by atoms with Crippen molar-refractivity contribution in [2.24, 2.45) is 17.8 Å². The molecule has 224 valence electrons. The maximum absolute atomic E-state index is 12.7. The number of carbonyl (C=O) groups excluding carboxylic acids is 1. The number of ether oxygens (including phenoxy) is 4. The van der Waals surface area contributed by atoms with Gasteiger partial charge in [-0.25, -0.2) is 4.79 Å². The molecule has 2 aromatic rings.